The molecular formula is C34H40B2F4N4Na2O14. The molecule has 6 aliphatic heterocycles. The van der Waals surface area contributed by atoms with Crippen LogP contribution in [-0.2, 0) is 22.4 Å². The van der Waals surface area contributed by atoms with Crippen LogP contribution < -0.4 is 88.5 Å². The van der Waals surface area contributed by atoms with Gasteiger partial charge in [0.2, 0.25) is 11.8 Å². The number of nitrogens with one attached hydrogen (secondary N) is 2. The number of ether oxygens (including phenoxy) is 2. The van der Waals surface area contributed by atoms with Crippen molar-refractivity contribution in [1.29, 1.82) is 0 Å². The third-order valence-corrected chi connectivity index (χ3v) is 10.7. The van der Waals surface area contributed by atoms with Gasteiger partial charge in [-0.25, -0.2) is 27.2 Å². The topological polar surface area (TPSA) is 257 Å². The minimum atomic E-state index is -3.14. The predicted octanol–water partition coefficient (Wildman–Crippen LogP) is -6.33. The fourth-order valence-electron chi connectivity index (χ4n) is 7.63. The van der Waals surface area contributed by atoms with Crippen molar-refractivity contribution >= 4 is 37.3 Å². The number of carboxylic acids is 2. The second-order valence-electron chi connectivity index (χ2n) is 15.4. The number of carbonyl (C=O) groups excluding carboxylic acids is 2. The summed E-state index contributed by atoms with van der Waals surface area (Å²) in [5.41, 5.74) is 0.403. The van der Waals surface area contributed by atoms with Gasteiger partial charge in [0.25, 0.3) is 11.8 Å². The molecule has 0 spiro atoms. The number of carboxylic acid groups (broad SMARTS) is 2. The summed E-state index contributed by atoms with van der Waals surface area (Å²) in [4.78, 5) is 50.7. The van der Waals surface area contributed by atoms with Crippen LogP contribution >= 0.6 is 0 Å². The largest absolute Gasteiger partial charge is 1.00 e. The van der Waals surface area contributed by atoms with Crippen LogP contribution in [-0.4, -0.2) is 153 Å². The molecule has 0 unspecified atom stereocenters. The normalized spacial score (nSPS) is 24.1. The predicted molar refractivity (Wildman–Crippen MR) is 190 cm³/mol. The quantitative estimate of drug-likeness (QED) is 0.0907. The first-order valence-electron chi connectivity index (χ1n) is 18.6. The number of likely N-dealkylation sites (tertiary alicyclic amines) is 2. The third kappa shape index (κ3) is 10.7. The molecule has 8 N–H and O–H groups in total. The zero-order chi connectivity index (χ0) is 41.9. The number of carbonyl (C=O) groups is 4. The molecule has 0 saturated carbocycles. The van der Waals surface area contributed by atoms with Crippen molar-refractivity contribution in [2.45, 2.75) is 74.5 Å². The van der Waals surface area contributed by atoms with Gasteiger partial charge in [-0.2, -0.15) is 0 Å². The van der Waals surface area contributed by atoms with Crippen LogP contribution in [0.1, 0.15) is 44.7 Å². The first kappa shape index (κ1) is 48.2. The van der Waals surface area contributed by atoms with Gasteiger partial charge < -0.3 is 58.9 Å². The summed E-state index contributed by atoms with van der Waals surface area (Å²) in [6, 6.07) is 4.22. The van der Waals surface area contributed by atoms with Crippen LogP contribution in [0.25, 0.3) is 0 Å². The first-order valence-corrected chi connectivity index (χ1v) is 18.6. The molecule has 316 valence electrons. The molecule has 6 heterocycles. The van der Waals surface area contributed by atoms with Crippen LogP contribution in [0.2, 0.25) is 12.6 Å². The Morgan fingerprint density at radius 1 is 0.650 bits per heavy atom. The van der Waals surface area contributed by atoms with E-state index in [1.807, 2.05) is 0 Å². The van der Waals surface area contributed by atoms with E-state index in [1.165, 1.54) is 21.9 Å². The second kappa shape index (κ2) is 18.1. The molecule has 26 heteroatoms. The minimum Gasteiger partial charge on any atom is -0.669 e. The van der Waals surface area contributed by atoms with Crippen molar-refractivity contribution in [3.63, 3.8) is 0 Å². The van der Waals surface area contributed by atoms with Gasteiger partial charge in [-0.1, -0.05) is 24.8 Å². The average Bonchev–Trinajstić information content (AvgIpc) is 3.65. The van der Waals surface area contributed by atoms with E-state index in [1.54, 1.807) is 12.1 Å². The van der Waals surface area contributed by atoms with Crippen molar-refractivity contribution < 1.29 is 145 Å². The van der Waals surface area contributed by atoms with Gasteiger partial charge in [-0.15, -0.1) is 0 Å². The summed E-state index contributed by atoms with van der Waals surface area (Å²) in [7, 11) is 0. The van der Waals surface area contributed by atoms with Gasteiger partial charge in [-0.05, 0) is 36.1 Å². The fourth-order valence-corrected chi connectivity index (χ4v) is 7.63. The molecule has 0 aromatic heterocycles. The molecule has 0 radical (unpaired) electrons. The summed E-state index contributed by atoms with van der Waals surface area (Å²) in [5, 5.41) is 63.2. The van der Waals surface area contributed by atoms with Crippen molar-refractivity contribution in [2.24, 2.45) is 0 Å². The SMILES string of the molecule is O=C(O)c1c(OC2CN(C(=O)[C@@H]3CC(F)(F)CN3)C2)ccc2c1O[B-](O)(O)CC2.O=C(O)c1c(OC2CN(C(=O)[C@@H]3CC(F)(F)CN3)C2)ccc2c1O[B-](O)(O)CC2.[Na+].[Na+]. The number of rotatable bonds is 8. The van der Waals surface area contributed by atoms with E-state index in [0.29, 0.717) is 11.1 Å². The van der Waals surface area contributed by atoms with Crippen LogP contribution in [0, 0.1) is 0 Å². The van der Waals surface area contributed by atoms with Gasteiger partial charge in [0.05, 0.1) is 62.9 Å². The summed E-state index contributed by atoms with van der Waals surface area (Å²) in [6.07, 6.45) is -1.73. The fraction of sp³-hybridized carbons (Fsp3) is 0.529. The van der Waals surface area contributed by atoms with Crippen LogP contribution in [0.5, 0.6) is 23.0 Å². The first-order chi connectivity index (χ1) is 27.1. The van der Waals surface area contributed by atoms with Crippen LogP contribution in [0.15, 0.2) is 24.3 Å². The molecule has 4 saturated heterocycles. The summed E-state index contributed by atoms with van der Waals surface area (Å²) < 4.78 is 74.6. The summed E-state index contributed by atoms with van der Waals surface area (Å²) >= 11 is 0. The van der Waals surface area contributed by atoms with Gasteiger partial charge >= 0.3 is 84.6 Å². The smallest absolute Gasteiger partial charge is 0.669 e. The molecule has 4 fully saturated rings. The monoisotopic (exact) mass is 872 g/mol. The number of halogens is 4. The number of alkyl halides is 4. The maximum atomic E-state index is 13.3. The van der Waals surface area contributed by atoms with Gasteiger partial charge in [0.15, 0.2) is 0 Å². The number of benzene rings is 2. The molecule has 0 bridgehead atoms. The Bertz CT molecular complexity index is 1870. The Morgan fingerprint density at radius 3 is 1.30 bits per heavy atom. The molecule has 60 heavy (non-hydrogen) atoms. The van der Waals surface area contributed by atoms with E-state index >= 15 is 0 Å². The van der Waals surface area contributed by atoms with E-state index in [2.05, 4.69) is 10.6 Å². The van der Waals surface area contributed by atoms with E-state index in [9.17, 15) is 67.0 Å². The van der Waals surface area contributed by atoms with Crippen molar-refractivity contribution in [3.05, 3.63) is 46.5 Å². The van der Waals surface area contributed by atoms with E-state index in [4.69, 9.17) is 18.8 Å². The van der Waals surface area contributed by atoms with Gasteiger partial charge in [0, 0.05) is 12.8 Å². The maximum Gasteiger partial charge on any atom is 1.00 e. The van der Waals surface area contributed by atoms with E-state index < -0.39 is 99.3 Å². The van der Waals surface area contributed by atoms with Crippen LogP contribution in [0.4, 0.5) is 17.6 Å². The van der Waals surface area contributed by atoms with E-state index in [0.717, 1.165) is 0 Å². The minimum absolute atomic E-state index is 0. The Kier molecular flexibility index (Phi) is 14.5. The number of fused-ring (bicyclic) bond motifs is 2. The molecule has 2 amide bonds. The Balaban J connectivity index is 0.000000220. The number of nitrogens with zero attached hydrogens (tertiary/aromatic N) is 2. The Morgan fingerprint density at radius 2 is 1.00 bits per heavy atom. The third-order valence-electron chi connectivity index (χ3n) is 10.7. The molecule has 8 rings (SSSR count). The van der Waals surface area contributed by atoms with Crippen molar-refractivity contribution in [1.82, 2.24) is 20.4 Å². The molecule has 6 aliphatic rings. The Labute approximate surface area is 383 Å². The van der Waals surface area contributed by atoms with Gasteiger partial charge in [-0.3, -0.25) is 20.2 Å². The number of aryl methyl sites for hydroxylation is 2. The van der Waals surface area contributed by atoms with Crippen LogP contribution in [0.3, 0.4) is 0 Å². The number of aromatic carboxylic acids is 2. The summed E-state index contributed by atoms with van der Waals surface area (Å²) in [5.74, 6) is -9.73. The van der Waals surface area contributed by atoms with Crippen molar-refractivity contribution in [3.8, 4) is 23.0 Å². The molecule has 0 aliphatic carbocycles. The number of hydrogen-bond donors (Lipinski definition) is 8. The zero-order valence-corrected chi connectivity index (χ0v) is 36.6. The molecular weight excluding hydrogens is 832 g/mol. The molecule has 18 nitrogen and oxygen atoms in total. The maximum absolute atomic E-state index is 13.3. The Hall–Kier alpha value is -2.87. The van der Waals surface area contributed by atoms with Crippen molar-refractivity contribution in [2.75, 3.05) is 39.3 Å². The second-order valence-corrected chi connectivity index (χ2v) is 15.4. The van der Waals surface area contributed by atoms with Gasteiger partial charge in [0.1, 0.15) is 34.8 Å². The molecule has 2 aromatic carbocycles. The number of amides is 2. The molecule has 2 aromatic rings. The zero-order valence-electron chi connectivity index (χ0n) is 32.6. The molecule has 2 atom stereocenters. The van der Waals surface area contributed by atoms with E-state index in [-0.39, 0.29) is 145 Å². The standard InChI is InChI=1S/2C17H20BF2N2O7.2Na/c2*19-17(20)5-11(21-8-17)15(23)22-6-10(7-22)28-12-2-1-9-3-4-18(26,27)29-14(9)13(12)16(24)25;;/h2*1-2,10-11,21,26-27H,3-8H2,(H,24,25);;/q2*-1;2*+1/t2*11-;;/m00../s1. The average molecular weight is 872 g/mol. The summed E-state index contributed by atoms with van der Waals surface area (Å²) in [6.45, 7) is -6.83. The number of hydrogen-bond acceptors (Lipinski definition) is 14.